The molecule has 0 atom stereocenters. The Labute approximate surface area is 71.9 Å². The van der Waals surface area contributed by atoms with Crippen LogP contribution < -0.4 is 0 Å². The summed E-state index contributed by atoms with van der Waals surface area (Å²) in [5, 5.41) is 0. The maximum absolute atomic E-state index is 10.5. The molecule has 0 aliphatic rings. The number of aldehydes is 1. The Morgan fingerprint density at radius 3 is 2.67 bits per heavy atom. The zero-order chi connectivity index (χ0) is 8.81. The Morgan fingerprint density at radius 1 is 1.50 bits per heavy atom. The smallest absolute Gasteiger partial charge is 0.146 e. The van der Waals surface area contributed by atoms with E-state index in [4.69, 9.17) is 0 Å². The first kappa shape index (κ1) is 8.65. The second kappa shape index (κ2) is 4.44. The molecule has 0 saturated carbocycles. The minimum Gasteiger partial charge on any atom is -0.298 e. The van der Waals surface area contributed by atoms with E-state index in [1.807, 2.05) is 25.1 Å². The van der Waals surface area contributed by atoms with Gasteiger partial charge in [0.15, 0.2) is 0 Å². The van der Waals surface area contributed by atoms with Crippen LogP contribution in [0.2, 0.25) is 0 Å². The third-order valence-electron chi connectivity index (χ3n) is 1.62. The van der Waals surface area contributed by atoms with Crippen LogP contribution in [-0.4, -0.2) is 11.3 Å². The van der Waals surface area contributed by atoms with Gasteiger partial charge in [-0.2, -0.15) is 0 Å². The van der Waals surface area contributed by atoms with Gasteiger partial charge in [-0.05, 0) is 35.8 Å². The van der Waals surface area contributed by atoms with E-state index in [1.54, 1.807) is 12.4 Å². The molecule has 0 bridgehead atoms. The molecule has 0 fully saturated rings. The molecule has 0 aromatic carbocycles. The number of hydrogen-bond donors (Lipinski definition) is 0. The fourth-order valence-corrected chi connectivity index (χ4v) is 0.893. The van der Waals surface area contributed by atoms with Gasteiger partial charge in [0.25, 0.3) is 0 Å². The van der Waals surface area contributed by atoms with E-state index < -0.39 is 0 Å². The Kier molecular flexibility index (Phi) is 3.20. The molecule has 0 spiro atoms. The number of rotatable bonds is 3. The molecular formula is C10H11NO. The Morgan fingerprint density at radius 2 is 2.17 bits per heavy atom. The van der Waals surface area contributed by atoms with E-state index in [1.165, 1.54) is 0 Å². The summed E-state index contributed by atoms with van der Waals surface area (Å²) in [5.41, 5.74) is 1.83. The van der Waals surface area contributed by atoms with Crippen molar-refractivity contribution in [1.82, 2.24) is 4.98 Å². The Balaban J connectivity index is 2.86. The molecule has 1 heterocycles. The molecule has 2 heteroatoms. The third-order valence-corrected chi connectivity index (χ3v) is 1.62. The van der Waals surface area contributed by atoms with Crippen molar-refractivity contribution in [3.05, 3.63) is 35.7 Å². The molecule has 1 aromatic heterocycles. The molecule has 0 saturated heterocycles. The molecule has 0 amide bonds. The second-order valence-corrected chi connectivity index (χ2v) is 2.47. The molecule has 0 unspecified atom stereocenters. The van der Waals surface area contributed by atoms with Crippen LogP contribution in [0.15, 0.2) is 30.1 Å². The van der Waals surface area contributed by atoms with E-state index in [-0.39, 0.29) is 0 Å². The van der Waals surface area contributed by atoms with E-state index in [0.29, 0.717) is 0 Å². The predicted molar refractivity (Wildman–Crippen MR) is 48.6 cm³/mol. The van der Waals surface area contributed by atoms with Crippen molar-refractivity contribution in [2.75, 3.05) is 0 Å². The number of nitrogens with zero attached hydrogens (tertiary/aromatic N) is 1. The highest BCUT2D eigenvalue weighted by molar-refractivity contribution is 5.81. The number of aromatic nitrogens is 1. The molecule has 0 aliphatic heterocycles. The molecular weight excluding hydrogens is 150 g/mol. The van der Waals surface area contributed by atoms with Gasteiger partial charge in [-0.25, -0.2) is 0 Å². The van der Waals surface area contributed by atoms with Crippen LogP contribution in [0, 0.1) is 0 Å². The van der Waals surface area contributed by atoms with E-state index in [2.05, 4.69) is 4.98 Å². The summed E-state index contributed by atoms with van der Waals surface area (Å²) in [7, 11) is 0. The van der Waals surface area contributed by atoms with Crippen LogP contribution in [0.4, 0.5) is 0 Å². The molecule has 1 aromatic rings. The summed E-state index contributed by atoms with van der Waals surface area (Å²) >= 11 is 0. The average molecular weight is 161 g/mol. The van der Waals surface area contributed by atoms with Gasteiger partial charge in [-0.1, -0.05) is 6.92 Å². The van der Waals surface area contributed by atoms with Gasteiger partial charge in [0.1, 0.15) is 6.29 Å². The zero-order valence-corrected chi connectivity index (χ0v) is 7.03. The summed E-state index contributed by atoms with van der Waals surface area (Å²) in [6.45, 7) is 1.96. The van der Waals surface area contributed by atoms with E-state index in [9.17, 15) is 4.79 Å². The van der Waals surface area contributed by atoms with Crippen molar-refractivity contribution < 1.29 is 4.79 Å². The van der Waals surface area contributed by atoms with Crippen molar-refractivity contribution in [3.8, 4) is 0 Å². The summed E-state index contributed by atoms with van der Waals surface area (Å²) in [4.78, 5) is 14.3. The number of hydrogen-bond acceptors (Lipinski definition) is 2. The van der Waals surface area contributed by atoms with Gasteiger partial charge in [0, 0.05) is 12.4 Å². The van der Waals surface area contributed by atoms with Gasteiger partial charge in [0.05, 0.1) is 0 Å². The van der Waals surface area contributed by atoms with Gasteiger partial charge in [0.2, 0.25) is 0 Å². The van der Waals surface area contributed by atoms with Crippen molar-refractivity contribution in [1.29, 1.82) is 0 Å². The SMILES string of the molecule is CC/C(C=O)=C/c1ccncc1. The molecule has 2 nitrogen and oxygen atoms in total. The minimum atomic E-state index is 0.770. The molecule has 1 rings (SSSR count). The van der Waals surface area contributed by atoms with Crippen LogP contribution in [0.1, 0.15) is 18.9 Å². The van der Waals surface area contributed by atoms with Crippen molar-refractivity contribution in [2.45, 2.75) is 13.3 Å². The van der Waals surface area contributed by atoms with Crippen LogP contribution >= 0.6 is 0 Å². The molecule has 62 valence electrons. The molecule has 12 heavy (non-hydrogen) atoms. The number of carbonyl (C=O) groups is 1. The van der Waals surface area contributed by atoms with Crippen molar-refractivity contribution in [2.24, 2.45) is 0 Å². The van der Waals surface area contributed by atoms with E-state index >= 15 is 0 Å². The van der Waals surface area contributed by atoms with Crippen LogP contribution in [-0.2, 0) is 4.79 Å². The van der Waals surface area contributed by atoms with Crippen LogP contribution in [0.3, 0.4) is 0 Å². The van der Waals surface area contributed by atoms with Gasteiger partial charge in [-0.15, -0.1) is 0 Å². The van der Waals surface area contributed by atoms with Gasteiger partial charge in [-0.3, -0.25) is 9.78 Å². The standard InChI is InChI=1S/C10H11NO/c1-2-9(8-12)7-10-3-5-11-6-4-10/h3-8H,2H2,1H3/b9-7-. The maximum Gasteiger partial charge on any atom is 0.146 e. The van der Waals surface area contributed by atoms with E-state index in [0.717, 1.165) is 23.8 Å². The normalized spacial score (nSPS) is 11.2. The highest BCUT2D eigenvalue weighted by Crippen LogP contribution is 2.05. The highest BCUT2D eigenvalue weighted by atomic mass is 16.1. The molecule has 0 radical (unpaired) electrons. The summed E-state index contributed by atoms with van der Waals surface area (Å²) in [5.74, 6) is 0. The van der Waals surface area contributed by atoms with Gasteiger partial charge >= 0.3 is 0 Å². The first-order valence-corrected chi connectivity index (χ1v) is 3.92. The summed E-state index contributed by atoms with van der Waals surface area (Å²) < 4.78 is 0. The number of carbonyl (C=O) groups excluding carboxylic acids is 1. The Bertz CT molecular complexity index is 277. The van der Waals surface area contributed by atoms with Crippen molar-refractivity contribution >= 4 is 12.4 Å². The third kappa shape index (κ3) is 2.31. The molecule has 0 aliphatic carbocycles. The highest BCUT2D eigenvalue weighted by Gasteiger charge is 1.91. The predicted octanol–water partition coefficient (Wildman–Crippen LogP) is 2.07. The minimum absolute atomic E-state index is 0.770. The monoisotopic (exact) mass is 161 g/mol. The fraction of sp³-hybridized carbons (Fsp3) is 0.200. The zero-order valence-electron chi connectivity index (χ0n) is 7.03. The maximum atomic E-state index is 10.5. The lowest BCUT2D eigenvalue weighted by atomic mass is 10.1. The molecule has 0 N–H and O–H groups in total. The Hall–Kier alpha value is -1.44. The largest absolute Gasteiger partial charge is 0.298 e. The summed E-state index contributed by atoms with van der Waals surface area (Å²) in [6.07, 6.45) is 6.95. The average Bonchev–Trinajstić information content (AvgIpc) is 2.16. The van der Waals surface area contributed by atoms with Crippen molar-refractivity contribution in [3.63, 3.8) is 0 Å². The quantitative estimate of drug-likeness (QED) is 0.501. The van der Waals surface area contributed by atoms with Crippen LogP contribution in [0.5, 0.6) is 0 Å². The first-order chi connectivity index (χ1) is 5.86. The second-order valence-electron chi connectivity index (χ2n) is 2.47. The first-order valence-electron chi connectivity index (χ1n) is 3.92. The number of pyridine rings is 1. The van der Waals surface area contributed by atoms with Crippen LogP contribution in [0.25, 0.3) is 6.08 Å². The number of allylic oxidation sites excluding steroid dienone is 1. The summed E-state index contributed by atoms with van der Waals surface area (Å²) in [6, 6.07) is 3.75. The lowest BCUT2D eigenvalue weighted by Gasteiger charge is -1.93. The van der Waals surface area contributed by atoms with Gasteiger partial charge < -0.3 is 0 Å². The topological polar surface area (TPSA) is 30.0 Å². The lowest BCUT2D eigenvalue weighted by molar-refractivity contribution is -0.104. The lowest BCUT2D eigenvalue weighted by Crippen LogP contribution is -1.82. The fourth-order valence-electron chi connectivity index (χ4n) is 0.893.